The van der Waals surface area contributed by atoms with E-state index < -0.39 is 0 Å². The van der Waals surface area contributed by atoms with Gasteiger partial charge in [0.2, 0.25) is 5.91 Å². The summed E-state index contributed by atoms with van der Waals surface area (Å²) in [6.07, 6.45) is 0.593. The third kappa shape index (κ3) is 4.00. The first-order valence-corrected chi connectivity index (χ1v) is 6.05. The Hall–Kier alpha value is -1.62. The monoisotopic (exact) mass is 253 g/mol. The number of nitrogens with zero attached hydrogens (tertiary/aromatic N) is 1. The van der Waals surface area contributed by atoms with Crippen molar-refractivity contribution in [1.82, 2.24) is 5.32 Å². The predicted molar refractivity (Wildman–Crippen MR) is 70.9 cm³/mol. The molecule has 1 amide bonds. The normalized spacial score (nSPS) is 12.2. The van der Waals surface area contributed by atoms with Crippen LogP contribution in [0.5, 0.6) is 0 Å². The number of nitrogens with one attached hydrogen (secondary N) is 1. The molecule has 1 atom stereocenters. The molecular weight excluding hydrogens is 233 g/mol. The van der Waals surface area contributed by atoms with Gasteiger partial charge in [-0.15, -0.1) is 0 Å². The molecule has 0 aliphatic carbocycles. The van der Waals surface area contributed by atoms with E-state index in [4.69, 9.17) is 5.73 Å². The summed E-state index contributed by atoms with van der Waals surface area (Å²) in [5, 5.41) is 2.87. The van der Waals surface area contributed by atoms with Crippen LogP contribution in [0.2, 0.25) is 0 Å². The second-order valence-corrected chi connectivity index (χ2v) is 4.09. The van der Waals surface area contributed by atoms with Crippen LogP contribution in [0.25, 0.3) is 0 Å². The third-order valence-corrected chi connectivity index (χ3v) is 2.93. The summed E-state index contributed by atoms with van der Waals surface area (Å²) in [6, 6.07) is 6.08. The van der Waals surface area contributed by atoms with Crippen molar-refractivity contribution in [3.05, 3.63) is 30.1 Å². The fourth-order valence-corrected chi connectivity index (χ4v) is 1.86. The Morgan fingerprint density at radius 2 is 2.28 bits per heavy atom. The fraction of sp³-hybridized carbons (Fsp3) is 0.462. The summed E-state index contributed by atoms with van der Waals surface area (Å²) in [6.45, 7) is 3.39. The maximum atomic E-state index is 13.1. The minimum absolute atomic E-state index is 0.258. The lowest BCUT2D eigenvalue weighted by Crippen LogP contribution is -2.41. The molecule has 0 bridgehead atoms. The van der Waals surface area contributed by atoms with E-state index in [1.807, 2.05) is 17.9 Å². The molecule has 0 aliphatic heterocycles. The number of hydrogen-bond donors (Lipinski definition) is 2. The number of halogens is 1. The minimum Gasteiger partial charge on any atom is -0.372 e. The molecule has 4 nitrogen and oxygen atoms in total. The number of hydrogen-bond acceptors (Lipinski definition) is 3. The number of amides is 1. The summed E-state index contributed by atoms with van der Waals surface area (Å²) >= 11 is 0. The largest absolute Gasteiger partial charge is 0.372 e. The number of primary amides is 1. The van der Waals surface area contributed by atoms with E-state index in [9.17, 15) is 9.18 Å². The van der Waals surface area contributed by atoms with Crippen molar-refractivity contribution < 1.29 is 9.18 Å². The number of rotatable bonds is 7. The van der Waals surface area contributed by atoms with Crippen molar-refractivity contribution in [3.63, 3.8) is 0 Å². The molecule has 0 saturated heterocycles. The van der Waals surface area contributed by atoms with E-state index in [1.165, 1.54) is 12.1 Å². The highest BCUT2D eigenvalue weighted by atomic mass is 19.1. The van der Waals surface area contributed by atoms with E-state index in [0.29, 0.717) is 13.0 Å². The molecule has 100 valence electrons. The zero-order valence-electron chi connectivity index (χ0n) is 10.8. The maximum Gasteiger partial charge on any atom is 0.234 e. The first kappa shape index (κ1) is 14.4. The molecule has 0 heterocycles. The van der Waals surface area contributed by atoms with Crippen molar-refractivity contribution in [1.29, 1.82) is 0 Å². The van der Waals surface area contributed by atoms with Crippen molar-refractivity contribution >= 4 is 11.6 Å². The van der Waals surface area contributed by atoms with Crippen LogP contribution in [-0.4, -0.2) is 32.1 Å². The first-order valence-electron chi connectivity index (χ1n) is 6.05. The lowest BCUT2D eigenvalue weighted by atomic mass is 10.1. The fourth-order valence-electron chi connectivity index (χ4n) is 1.86. The molecule has 1 aromatic carbocycles. The van der Waals surface area contributed by atoms with Crippen LogP contribution in [0.4, 0.5) is 10.1 Å². The van der Waals surface area contributed by atoms with Gasteiger partial charge in [0.1, 0.15) is 5.82 Å². The quantitative estimate of drug-likeness (QED) is 0.765. The molecular formula is C13H20FN3O. The van der Waals surface area contributed by atoms with Gasteiger partial charge in [0.25, 0.3) is 0 Å². The van der Waals surface area contributed by atoms with Crippen LogP contribution in [0.1, 0.15) is 13.3 Å². The van der Waals surface area contributed by atoms with E-state index in [2.05, 4.69) is 5.32 Å². The van der Waals surface area contributed by atoms with Crippen LogP contribution in [-0.2, 0) is 4.79 Å². The van der Waals surface area contributed by atoms with Gasteiger partial charge in [-0.1, -0.05) is 6.07 Å². The van der Waals surface area contributed by atoms with Crippen LogP contribution in [0, 0.1) is 5.82 Å². The molecule has 3 N–H and O–H groups in total. The second kappa shape index (κ2) is 6.96. The van der Waals surface area contributed by atoms with Gasteiger partial charge < -0.3 is 16.0 Å². The lowest BCUT2D eigenvalue weighted by Gasteiger charge is -2.25. The molecule has 18 heavy (non-hydrogen) atoms. The SMILES string of the molecule is CCN(CCC(NC)C(N)=O)c1cccc(F)c1. The van der Waals surface area contributed by atoms with Crippen LogP contribution in [0.15, 0.2) is 24.3 Å². The van der Waals surface area contributed by atoms with Gasteiger partial charge in [-0.05, 0) is 38.6 Å². The highest BCUT2D eigenvalue weighted by Gasteiger charge is 2.14. The Morgan fingerprint density at radius 1 is 1.56 bits per heavy atom. The third-order valence-electron chi connectivity index (χ3n) is 2.93. The van der Waals surface area contributed by atoms with Gasteiger partial charge in [0, 0.05) is 18.8 Å². The predicted octanol–water partition coefficient (Wildman–Crippen LogP) is 1.12. The van der Waals surface area contributed by atoms with Crippen LogP contribution in [0.3, 0.4) is 0 Å². The molecule has 5 heteroatoms. The van der Waals surface area contributed by atoms with E-state index >= 15 is 0 Å². The summed E-state index contributed by atoms with van der Waals surface area (Å²) in [5.41, 5.74) is 6.07. The van der Waals surface area contributed by atoms with Crippen LogP contribution >= 0.6 is 0 Å². The Kier molecular flexibility index (Phi) is 5.58. The van der Waals surface area contributed by atoms with Gasteiger partial charge in [0.15, 0.2) is 0 Å². The molecule has 0 spiro atoms. The standard InChI is InChI=1S/C13H20FN3O/c1-3-17(8-7-12(16-2)13(15)18)11-6-4-5-10(14)9-11/h4-6,9,12,16H,3,7-8H2,1-2H3,(H2,15,18). The number of carbonyl (C=O) groups excluding carboxylic acids is 1. The summed E-state index contributed by atoms with van der Waals surface area (Å²) in [4.78, 5) is 13.1. The minimum atomic E-state index is -0.368. The molecule has 0 radical (unpaired) electrons. The van der Waals surface area contributed by atoms with E-state index in [0.717, 1.165) is 12.2 Å². The molecule has 0 aliphatic rings. The Bertz CT molecular complexity index is 398. The van der Waals surface area contributed by atoms with Gasteiger partial charge in [0.05, 0.1) is 6.04 Å². The average Bonchev–Trinajstić information content (AvgIpc) is 2.34. The zero-order valence-corrected chi connectivity index (χ0v) is 10.8. The zero-order chi connectivity index (χ0) is 13.5. The number of likely N-dealkylation sites (N-methyl/N-ethyl adjacent to an activating group) is 1. The molecule has 1 aromatic rings. The average molecular weight is 253 g/mol. The highest BCUT2D eigenvalue weighted by molar-refractivity contribution is 5.79. The summed E-state index contributed by atoms with van der Waals surface area (Å²) < 4.78 is 13.1. The van der Waals surface area contributed by atoms with Crippen molar-refractivity contribution in [2.24, 2.45) is 5.73 Å². The Morgan fingerprint density at radius 3 is 2.78 bits per heavy atom. The highest BCUT2D eigenvalue weighted by Crippen LogP contribution is 2.15. The number of anilines is 1. The Labute approximate surface area is 107 Å². The molecule has 0 fully saturated rings. The van der Waals surface area contributed by atoms with E-state index in [1.54, 1.807) is 13.1 Å². The molecule has 0 saturated carbocycles. The van der Waals surface area contributed by atoms with Crippen molar-refractivity contribution in [2.45, 2.75) is 19.4 Å². The molecule has 1 unspecified atom stereocenters. The number of nitrogens with two attached hydrogens (primary N) is 1. The first-order chi connectivity index (χ1) is 8.58. The smallest absolute Gasteiger partial charge is 0.234 e. The topological polar surface area (TPSA) is 58.4 Å². The van der Waals surface area contributed by atoms with Gasteiger partial charge in [-0.25, -0.2) is 4.39 Å². The Balaban J connectivity index is 2.65. The van der Waals surface area contributed by atoms with Crippen molar-refractivity contribution in [3.8, 4) is 0 Å². The van der Waals surface area contributed by atoms with Gasteiger partial charge >= 0.3 is 0 Å². The van der Waals surface area contributed by atoms with E-state index in [-0.39, 0.29) is 17.8 Å². The molecule has 0 aromatic heterocycles. The lowest BCUT2D eigenvalue weighted by molar-refractivity contribution is -0.120. The summed E-state index contributed by atoms with van der Waals surface area (Å²) in [7, 11) is 1.70. The molecule has 1 rings (SSSR count). The van der Waals surface area contributed by atoms with Crippen molar-refractivity contribution in [2.75, 3.05) is 25.0 Å². The number of carbonyl (C=O) groups is 1. The summed E-state index contributed by atoms with van der Waals surface area (Å²) in [5.74, 6) is -0.626. The number of benzene rings is 1. The maximum absolute atomic E-state index is 13.1. The second-order valence-electron chi connectivity index (χ2n) is 4.09. The van der Waals surface area contributed by atoms with Crippen LogP contribution < -0.4 is 16.0 Å². The van der Waals surface area contributed by atoms with Gasteiger partial charge in [-0.3, -0.25) is 4.79 Å². The van der Waals surface area contributed by atoms with Gasteiger partial charge in [-0.2, -0.15) is 0 Å².